The smallest absolute Gasteiger partial charge is 0.164 e. The summed E-state index contributed by atoms with van der Waals surface area (Å²) < 4.78 is 5.00. The molecule has 4 nitrogen and oxygen atoms in total. The number of furan rings is 1. The van der Waals surface area contributed by atoms with Crippen LogP contribution in [-0.4, -0.2) is 16.0 Å². The summed E-state index contributed by atoms with van der Waals surface area (Å²) in [6.07, 6.45) is 7.52. The van der Waals surface area contributed by atoms with Crippen molar-refractivity contribution in [1.29, 1.82) is 0 Å². The first-order valence-corrected chi connectivity index (χ1v) is 5.04. The van der Waals surface area contributed by atoms with Crippen molar-refractivity contribution in [1.82, 2.24) is 9.97 Å². The van der Waals surface area contributed by atoms with Gasteiger partial charge in [-0.05, 0) is 25.0 Å². The molecule has 0 bridgehead atoms. The minimum absolute atomic E-state index is 0.608. The Morgan fingerprint density at radius 3 is 3.00 bits per heavy atom. The zero-order valence-corrected chi connectivity index (χ0v) is 8.18. The predicted octanol–water partition coefficient (Wildman–Crippen LogP) is 2.31. The molecule has 3 rings (SSSR count). The molecular formula is C11H11N3O. The van der Waals surface area contributed by atoms with Gasteiger partial charge in [0.15, 0.2) is 5.82 Å². The number of nitrogens with one attached hydrogen (secondary N) is 1. The van der Waals surface area contributed by atoms with Crippen LogP contribution in [0.4, 0.5) is 5.82 Å². The quantitative estimate of drug-likeness (QED) is 0.827. The molecule has 0 atom stereocenters. The molecule has 2 aromatic heterocycles. The van der Waals surface area contributed by atoms with Crippen molar-refractivity contribution < 1.29 is 4.42 Å². The summed E-state index contributed by atoms with van der Waals surface area (Å²) in [6.45, 7) is 0. The third kappa shape index (κ3) is 1.83. The zero-order chi connectivity index (χ0) is 10.1. The van der Waals surface area contributed by atoms with Gasteiger partial charge in [0.05, 0.1) is 11.8 Å². The molecule has 2 aromatic rings. The minimum Gasteiger partial charge on any atom is -0.472 e. The van der Waals surface area contributed by atoms with Gasteiger partial charge in [0.1, 0.15) is 12.1 Å². The maximum atomic E-state index is 5.00. The van der Waals surface area contributed by atoms with Crippen LogP contribution in [-0.2, 0) is 0 Å². The lowest BCUT2D eigenvalue weighted by atomic mass is 10.3. The number of hydrogen-bond donors (Lipinski definition) is 1. The summed E-state index contributed by atoms with van der Waals surface area (Å²) >= 11 is 0. The number of hydrogen-bond acceptors (Lipinski definition) is 4. The van der Waals surface area contributed by atoms with E-state index < -0.39 is 0 Å². The first kappa shape index (κ1) is 8.47. The molecule has 2 heterocycles. The van der Waals surface area contributed by atoms with E-state index in [0.29, 0.717) is 11.9 Å². The molecule has 0 amide bonds. The Morgan fingerprint density at radius 2 is 2.27 bits per heavy atom. The highest BCUT2D eigenvalue weighted by atomic mass is 16.3. The number of rotatable bonds is 3. The van der Waals surface area contributed by atoms with E-state index in [0.717, 1.165) is 11.4 Å². The lowest BCUT2D eigenvalue weighted by Crippen LogP contribution is -2.03. The standard InChI is InChI=1S/C11H11N3O/c1-2-9(1)13-10-3-5-12-11(14-10)8-4-6-15-7-8/h3-7,9H,1-2H2,(H,12,13,14). The van der Waals surface area contributed by atoms with Gasteiger partial charge in [0.2, 0.25) is 0 Å². The summed E-state index contributed by atoms with van der Waals surface area (Å²) in [5.74, 6) is 1.60. The third-order valence-corrected chi connectivity index (χ3v) is 2.36. The highest BCUT2D eigenvalue weighted by molar-refractivity contribution is 5.55. The van der Waals surface area contributed by atoms with E-state index in [1.54, 1.807) is 18.7 Å². The SMILES string of the molecule is c1cc(NC2CC2)nc(-c2ccoc2)n1. The van der Waals surface area contributed by atoms with Crippen molar-refractivity contribution in [2.75, 3.05) is 5.32 Å². The summed E-state index contributed by atoms with van der Waals surface area (Å²) in [6, 6.07) is 4.36. The topological polar surface area (TPSA) is 51.0 Å². The van der Waals surface area contributed by atoms with Crippen molar-refractivity contribution in [3.8, 4) is 11.4 Å². The molecule has 0 saturated heterocycles. The summed E-state index contributed by atoms with van der Waals surface area (Å²) in [4.78, 5) is 8.61. The van der Waals surface area contributed by atoms with E-state index in [9.17, 15) is 0 Å². The van der Waals surface area contributed by atoms with Crippen molar-refractivity contribution in [3.05, 3.63) is 30.9 Å². The van der Waals surface area contributed by atoms with Crippen LogP contribution in [0, 0.1) is 0 Å². The maximum absolute atomic E-state index is 5.00. The molecule has 0 unspecified atom stereocenters. The van der Waals surface area contributed by atoms with Crippen LogP contribution < -0.4 is 5.32 Å². The monoisotopic (exact) mass is 201 g/mol. The van der Waals surface area contributed by atoms with E-state index in [2.05, 4.69) is 15.3 Å². The Labute approximate surface area is 87.4 Å². The van der Waals surface area contributed by atoms with E-state index in [4.69, 9.17) is 4.42 Å². The van der Waals surface area contributed by atoms with Crippen LogP contribution in [0.15, 0.2) is 35.3 Å². The Balaban J connectivity index is 1.88. The van der Waals surface area contributed by atoms with Crippen LogP contribution in [0.5, 0.6) is 0 Å². The van der Waals surface area contributed by atoms with Crippen molar-refractivity contribution >= 4 is 5.82 Å². The normalized spacial score (nSPS) is 15.2. The van der Waals surface area contributed by atoms with Gasteiger partial charge in [-0.2, -0.15) is 0 Å². The Hall–Kier alpha value is -1.84. The van der Waals surface area contributed by atoms with Crippen LogP contribution >= 0.6 is 0 Å². The molecule has 0 aliphatic heterocycles. The molecule has 0 spiro atoms. The second-order valence-corrected chi connectivity index (χ2v) is 3.70. The Morgan fingerprint density at radius 1 is 1.33 bits per heavy atom. The fourth-order valence-electron chi connectivity index (χ4n) is 1.41. The zero-order valence-electron chi connectivity index (χ0n) is 8.18. The minimum atomic E-state index is 0.608. The van der Waals surface area contributed by atoms with Crippen LogP contribution in [0.2, 0.25) is 0 Å². The predicted molar refractivity (Wildman–Crippen MR) is 56.4 cm³/mol. The number of nitrogens with zero attached hydrogens (tertiary/aromatic N) is 2. The molecule has 1 saturated carbocycles. The fourth-order valence-corrected chi connectivity index (χ4v) is 1.41. The largest absolute Gasteiger partial charge is 0.472 e. The maximum Gasteiger partial charge on any atom is 0.164 e. The molecule has 15 heavy (non-hydrogen) atoms. The second kappa shape index (κ2) is 3.38. The molecule has 0 aromatic carbocycles. The first-order chi connectivity index (χ1) is 7.42. The van der Waals surface area contributed by atoms with Crippen LogP contribution in [0.3, 0.4) is 0 Å². The van der Waals surface area contributed by atoms with E-state index in [-0.39, 0.29) is 0 Å². The molecule has 4 heteroatoms. The lowest BCUT2D eigenvalue weighted by Gasteiger charge is -2.03. The first-order valence-electron chi connectivity index (χ1n) is 5.04. The van der Waals surface area contributed by atoms with E-state index >= 15 is 0 Å². The fraction of sp³-hybridized carbons (Fsp3) is 0.273. The molecule has 0 radical (unpaired) electrons. The van der Waals surface area contributed by atoms with Gasteiger partial charge in [-0.25, -0.2) is 9.97 Å². The van der Waals surface area contributed by atoms with Gasteiger partial charge < -0.3 is 9.73 Å². The van der Waals surface area contributed by atoms with Gasteiger partial charge in [-0.1, -0.05) is 0 Å². The highest BCUT2D eigenvalue weighted by Crippen LogP contribution is 2.24. The van der Waals surface area contributed by atoms with E-state index in [1.807, 2.05) is 12.1 Å². The summed E-state index contributed by atoms with van der Waals surface area (Å²) in [5.41, 5.74) is 0.912. The van der Waals surface area contributed by atoms with E-state index in [1.165, 1.54) is 12.8 Å². The summed E-state index contributed by atoms with van der Waals surface area (Å²) in [5, 5.41) is 3.34. The van der Waals surface area contributed by atoms with Crippen LogP contribution in [0.1, 0.15) is 12.8 Å². The Bertz CT molecular complexity index is 449. The molecule has 76 valence electrons. The molecule has 1 aliphatic carbocycles. The van der Waals surface area contributed by atoms with Gasteiger partial charge in [-0.3, -0.25) is 0 Å². The second-order valence-electron chi connectivity index (χ2n) is 3.70. The van der Waals surface area contributed by atoms with Crippen LogP contribution in [0.25, 0.3) is 11.4 Å². The average molecular weight is 201 g/mol. The number of aromatic nitrogens is 2. The van der Waals surface area contributed by atoms with Gasteiger partial charge in [0.25, 0.3) is 0 Å². The molecule has 1 aliphatic rings. The van der Waals surface area contributed by atoms with Gasteiger partial charge in [-0.15, -0.1) is 0 Å². The molecular weight excluding hydrogens is 190 g/mol. The average Bonchev–Trinajstić information content (AvgIpc) is 2.91. The van der Waals surface area contributed by atoms with Crippen molar-refractivity contribution in [2.24, 2.45) is 0 Å². The molecule has 1 fully saturated rings. The third-order valence-electron chi connectivity index (χ3n) is 2.36. The van der Waals surface area contributed by atoms with Gasteiger partial charge in [0, 0.05) is 12.2 Å². The Kier molecular flexibility index (Phi) is 1.91. The number of anilines is 1. The van der Waals surface area contributed by atoms with Crippen molar-refractivity contribution in [3.63, 3.8) is 0 Å². The summed E-state index contributed by atoms with van der Waals surface area (Å²) in [7, 11) is 0. The lowest BCUT2D eigenvalue weighted by molar-refractivity contribution is 0.568. The van der Waals surface area contributed by atoms with Crippen molar-refractivity contribution in [2.45, 2.75) is 18.9 Å². The van der Waals surface area contributed by atoms with Gasteiger partial charge >= 0.3 is 0 Å². The highest BCUT2D eigenvalue weighted by Gasteiger charge is 2.21. The molecule has 1 N–H and O–H groups in total.